The zero-order valence-electron chi connectivity index (χ0n) is 14.8. The summed E-state index contributed by atoms with van der Waals surface area (Å²) in [6.07, 6.45) is 4.36. The Bertz CT molecular complexity index is 751. The van der Waals surface area contributed by atoms with E-state index in [2.05, 4.69) is 56.9 Å². The molecule has 0 amide bonds. The van der Waals surface area contributed by atoms with E-state index in [0.717, 1.165) is 13.1 Å². The molecule has 0 spiro atoms. The lowest BCUT2D eigenvalue weighted by molar-refractivity contribution is 0.604. The van der Waals surface area contributed by atoms with Crippen LogP contribution in [0.4, 0.5) is 10.1 Å². The number of aliphatic imine (C=N–C) groups is 1. The highest BCUT2D eigenvalue weighted by Gasteiger charge is 2.07. The highest BCUT2D eigenvalue weighted by atomic mass is 127. The summed E-state index contributed by atoms with van der Waals surface area (Å²) in [7, 11) is 1.71. The number of nitrogens with zero attached hydrogens (tertiary/aromatic N) is 2. The Morgan fingerprint density at radius 3 is 2.31 bits per heavy atom. The van der Waals surface area contributed by atoms with E-state index in [4.69, 9.17) is 0 Å². The van der Waals surface area contributed by atoms with Gasteiger partial charge in [0.2, 0.25) is 0 Å². The zero-order valence-corrected chi connectivity index (χ0v) is 17.1. The first-order chi connectivity index (χ1) is 12.3. The molecule has 0 radical (unpaired) electrons. The topological polar surface area (TPSA) is 39.7 Å². The largest absolute Gasteiger partial charge is 0.364 e. The van der Waals surface area contributed by atoms with Gasteiger partial charge in [-0.3, -0.25) is 4.99 Å². The van der Waals surface area contributed by atoms with Crippen molar-refractivity contribution in [3.05, 3.63) is 77.6 Å². The molecule has 0 aliphatic carbocycles. The summed E-state index contributed by atoms with van der Waals surface area (Å²) in [6, 6.07) is 15.3. The Hall–Kier alpha value is -2.09. The molecule has 1 heterocycles. The monoisotopic (exact) mass is 466 g/mol. The Kier molecular flexibility index (Phi) is 7.90. The number of benzene rings is 2. The second-order valence-corrected chi connectivity index (χ2v) is 5.91. The molecule has 3 rings (SSSR count). The van der Waals surface area contributed by atoms with Gasteiger partial charge in [-0.05, 0) is 23.8 Å². The lowest BCUT2D eigenvalue weighted by Crippen LogP contribution is -2.36. The lowest BCUT2D eigenvalue weighted by Gasteiger charge is -2.18. The molecule has 4 nitrogen and oxygen atoms in total. The molecule has 0 saturated heterocycles. The molecule has 0 saturated carbocycles. The molecular formula is C20H24FIN4. The summed E-state index contributed by atoms with van der Waals surface area (Å²) in [4.78, 5) is 6.50. The van der Waals surface area contributed by atoms with Crippen LogP contribution in [0.2, 0.25) is 0 Å². The number of guanidine groups is 1. The van der Waals surface area contributed by atoms with Crippen molar-refractivity contribution in [1.82, 2.24) is 10.6 Å². The number of anilines is 1. The molecule has 2 N–H and O–H groups in total. The van der Waals surface area contributed by atoms with Crippen molar-refractivity contribution < 1.29 is 4.39 Å². The number of hydrogen-bond acceptors (Lipinski definition) is 2. The molecule has 6 heteroatoms. The van der Waals surface area contributed by atoms with Crippen LogP contribution >= 0.6 is 24.0 Å². The van der Waals surface area contributed by atoms with E-state index in [-0.39, 0.29) is 29.8 Å². The molecule has 0 unspecified atom stereocenters. The Labute approximate surface area is 171 Å². The van der Waals surface area contributed by atoms with Crippen LogP contribution in [0.25, 0.3) is 0 Å². The van der Waals surface area contributed by atoms with Gasteiger partial charge in [-0.15, -0.1) is 24.0 Å². The maximum absolute atomic E-state index is 13.7. The standard InChI is InChI=1S/C20H23FN4.HI/c1-22-20(24-15-17-6-2-3-7-19(17)21)23-14-16-8-10-18(11-9-16)25-12-4-5-13-25;/h2-11H,12-15H2,1H3,(H2,22,23,24);1H. The van der Waals surface area contributed by atoms with Gasteiger partial charge in [0.05, 0.1) is 0 Å². The fourth-order valence-corrected chi connectivity index (χ4v) is 2.74. The molecule has 26 heavy (non-hydrogen) atoms. The predicted octanol–water partition coefficient (Wildman–Crippen LogP) is 3.69. The summed E-state index contributed by atoms with van der Waals surface area (Å²) in [5, 5.41) is 6.39. The van der Waals surface area contributed by atoms with Crippen LogP contribution in [0.3, 0.4) is 0 Å². The summed E-state index contributed by atoms with van der Waals surface area (Å²) in [5.74, 6) is 0.438. The third-order valence-corrected chi connectivity index (χ3v) is 4.21. The van der Waals surface area contributed by atoms with E-state index in [0.29, 0.717) is 24.6 Å². The molecule has 2 aromatic rings. The van der Waals surface area contributed by atoms with Crippen LogP contribution < -0.4 is 15.5 Å². The van der Waals surface area contributed by atoms with Crippen LogP contribution in [-0.2, 0) is 13.1 Å². The number of halogens is 2. The van der Waals surface area contributed by atoms with Crippen LogP contribution in [0, 0.1) is 5.82 Å². The summed E-state index contributed by atoms with van der Waals surface area (Å²) in [6.45, 7) is 3.01. The third kappa shape index (κ3) is 5.45. The molecule has 138 valence electrons. The third-order valence-electron chi connectivity index (χ3n) is 4.21. The van der Waals surface area contributed by atoms with E-state index in [9.17, 15) is 4.39 Å². The van der Waals surface area contributed by atoms with Crippen molar-refractivity contribution in [3.63, 3.8) is 0 Å². The Morgan fingerprint density at radius 1 is 1.00 bits per heavy atom. The Morgan fingerprint density at radius 2 is 1.65 bits per heavy atom. The number of nitrogens with one attached hydrogen (secondary N) is 2. The lowest BCUT2D eigenvalue weighted by atomic mass is 10.2. The average molecular weight is 466 g/mol. The van der Waals surface area contributed by atoms with Gasteiger partial charge in [-0.2, -0.15) is 0 Å². The summed E-state index contributed by atoms with van der Waals surface area (Å²) < 4.78 is 13.7. The molecule has 1 aliphatic heterocycles. The normalized spacial score (nSPS) is 13.5. The van der Waals surface area contributed by atoms with Gasteiger partial charge in [-0.1, -0.05) is 42.5 Å². The van der Waals surface area contributed by atoms with Crippen molar-refractivity contribution in [1.29, 1.82) is 0 Å². The van der Waals surface area contributed by atoms with E-state index < -0.39 is 0 Å². The van der Waals surface area contributed by atoms with Gasteiger partial charge in [0.25, 0.3) is 0 Å². The van der Waals surface area contributed by atoms with E-state index in [1.165, 1.54) is 17.3 Å². The zero-order chi connectivity index (χ0) is 17.5. The van der Waals surface area contributed by atoms with Gasteiger partial charge in [0, 0.05) is 44.5 Å². The maximum atomic E-state index is 13.7. The van der Waals surface area contributed by atoms with E-state index >= 15 is 0 Å². The van der Waals surface area contributed by atoms with Crippen LogP contribution in [0.5, 0.6) is 0 Å². The van der Waals surface area contributed by atoms with Gasteiger partial charge < -0.3 is 15.5 Å². The molecule has 2 aromatic carbocycles. The smallest absolute Gasteiger partial charge is 0.191 e. The molecule has 0 fully saturated rings. The molecule has 0 aromatic heterocycles. The van der Waals surface area contributed by atoms with Gasteiger partial charge in [0.15, 0.2) is 5.96 Å². The highest BCUT2D eigenvalue weighted by Crippen LogP contribution is 2.17. The summed E-state index contributed by atoms with van der Waals surface area (Å²) >= 11 is 0. The van der Waals surface area contributed by atoms with Crippen LogP contribution in [0.15, 0.2) is 65.7 Å². The van der Waals surface area contributed by atoms with E-state index in [1.54, 1.807) is 19.2 Å². The van der Waals surface area contributed by atoms with Crippen LogP contribution in [0.1, 0.15) is 11.1 Å². The molecule has 0 atom stereocenters. The van der Waals surface area contributed by atoms with Gasteiger partial charge in [-0.25, -0.2) is 4.39 Å². The average Bonchev–Trinajstić information content (AvgIpc) is 3.18. The van der Waals surface area contributed by atoms with Crippen molar-refractivity contribution in [2.45, 2.75) is 13.1 Å². The summed E-state index contributed by atoms with van der Waals surface area (Å²) in [5.41, 5.74) is 3.02. The Balaban J connectivity index is 0.00000243. The fourth-order valence-electron chi connectivity index (χ4n) is 2.74. The van der Waals surface area contributed by atoms with Crippen molar-refractivity contribution in [2.24, 2.45) is 4.99 Å². The minimum atomic E-state index is -0.211. The fraction of sp³-hybridized carbons (Fsp3) is 0.250. The second kappa shape index (κ2) is 10.2. The molecular weight excluding hydrogens is 442 g/mol. The second-order valence-electron chi connectivity index (χ2n) is 5.91. The van der Waals surface area contributed by atoms with Gasteiger partial charge >= 0.3 is 0 Å². The predicted molar refractivity (Wildman–Crippen MR) is 117 cm³/mol. The quantitative estimate of drug-likeness (QED) is 0.306. The van der Waals surface area contributed by atoms with Crippen molar-refractivity contribution in [3.8, 4) is 0 Å². The SMILES string of the molecule is CN=C(NCc1ccc(N2CC=CC2)cc1)NCc1ccccc1F.I. The molecule has 0 bridgehead atoms. The van der Waals surface area contributed by atoms with Crippen molar-refractivity contribution >= 4 is 35.6 Å². The maximum Gasteiger partial charge on any atom is 0.191 e. The van der Waals surface area contributed by atoms with Crippen molar-refractivity contribution in [2.75, 3.05) is 25.0 Å². The minimum Gasteiger partial charge on any atom is -0.364 e. The molecule has 1 aliphatic rings. The van der Waals surface area contributed by atoms with E-state index in [1.807, 2.05) is 6.07 Å². The van der Waals surface area contributed by atoms with Gasteiger partial charge in [0.1, 0.15) is 5.82 Å². The number of hydrogen-bond donors (Lipinski definition) is 2. The first-order valence-electron chi connectivity index (χ1n) is 8.43. The minimum absolute atomic E-state index is 0. The first-order valence-corrected chi connectivity index (χ1v) is 8.43. The van der Waals surface area contributed by atoms with Crippen LogP contribution in [-0.4, -0.2) is 26.1 Å². The highest BCUT2D eigenvalue weighted by molar-refractivity contribution is 14.0. The first kappa shape index (κ1) is 20.2. The number of rotatable bonds is 5.